The quantitative estimate of drug-likeness (QED) is 0.720. The maximum Gasteiger partial charge on any atom is 0.239 e. The van der Waals surface area contributed by atoms with Crippen LogP contribution in [0.5, 0.6) is 0 Å². The zero-order valence-corrected chi connectivity index (χ0v) is 15.1. The van der Waals surface area contributed by atoms with Gasteiger partial charge in [-0.15, -0.1) is 0 Å². The highest BCUT2D eigenvalue weighted by molar-refractivity contribution is 5.82. The van der Waals surface area contributed by atoms with E-state index >= 15 is 0 Å². The molecule has 1 amide bonds. The molecule has 0 aliphatic carbocycles. The summed E-state index contributed by atoms with van der Waals surface area (Å²) in [5.74, 6) is 0.319. The fraction of sp³-hybridized carbons (Fsp3) is 0.833. The molecule has 0 saturated carbocycles. The molecule has 1 atom stereocenters. The average molecular weight is 323 g/mol. The molecule has 2 fully saturated rings. The third-order valence-corrected chi connectivity index (χ3v) is 5.02. The number of rotatable bonds is 5. The number of nitrogens with zero attached hydrogens (tertiary/aromatic N) is 3. The maximum atomic E-state index is 13.0. The molecule has 2 rings (SSSR count). The van der Waals surface area contributed by atoms with Crippen LogP contribution in [0.4, 0.5) is 0 Å². The smallest absolute Gasteiger partial charge is 0.239 e. The Morgan fingerprint density at radius 2 is 1.87 bits per heavy atom. The third kappa shape index (κ3) is 5.30. The molecule has 0 radical (unpaired) electrons. The minimum atomic E-state index is 0.0303. The molecule has 2 aliphatic heterocycles. The number of hydrogen-bond acceptors (Lipinski definition) is 4. The van der Waals surface area contributed by atoms with Gasteiger partial charge in [-0.2, -0.15) is 0 Å². The number of carbonyl (C=O) groups excluding carboxylic acids is 1. The second kappa shape index (κ2) is 9.40. The Morgan fingerprint density at radius 1 is 1.13 bits per heavy atom. The van der Waals surface area contributed by atoms with Gasteiger partial charge in [0.05, 0.1) is 19.3 Å². The lowest BCUT2D eigenvalue weighted by atomic mass is 10.1. The highest BCUT2D eigenvalue weighted by Gasteiger charge is 2.30. The van der Waals surface area contributed by atoms with Gasteiger partial charge in [0.2, 0.25) is 5.91 Å². The van der Waals surface area contributed by atoms with Crippen LogP contribution in [0.15, 0.2) is 11.6 Å². The van der Waals surface area contributed by atoms with Crippen LogP contribution in [0, 0.1) is 0 Å². The van der Waals surface area contributed by atoms with Gasteiger partial charge in [0.15, 0.2) is 0 Å². The number of hydrogen-bond donors (Lipinski definition) is 0. The van der Waals surface area contributed by atoms with Crippen molar-refractivity contribution in [1.82, 2.24) is 14.7 Å². The summed E-state index contributed by atoms with van der Waals surface area (Å²) in [5, 5.41) is 0. The van der Waals surface area contributed by atoms with Crippen molar-refractivity contribution in [2.75, 3.05) is 59.0 Å². The summed E-state index contributed by atoms with van der Waals surface area (Å²) < 4.78 is 5.42. The van der Waals surface area contributed by atoms with Gasteiger partial charge in [-0.25, -0.2) is 0 Å². The van der Waals surface area contributed by atoms with Crippen LogP contribution in [0.25, 0.3) is 0 Å². The van der Waals surface area contributed by atoms with E-state index in [0.29, 0.717) is 5.91 Å². The molecular formula is C18H33N3O2. The highest BCUT2D eigenvalue weighted by Crippen LogP contribution is 2.14. The van der Waals surface area contributed by atoms with E-state index in [1.165, 1.54) is 5.57 Å². The lowest BCUT2D eigenvalue weighted by Crippen LogP contribution is -2.52. The second-order valence-corrected chi connectivity index (χ2v) is 6.66. The summed E-state index contributed by atoms with van der Waals surface area (Å²) >= 11 is 0. The molecule has 23 heavy (non-hydrogen) atoms. The molecular weight excluding hydrogens is 290 g/mol. The van der Waals surface area contributed by atoms with Crippen molar-refractivity contribution >= 4 is 5.91 Å². The van der Waals surface area contributed by atoms with Crippen molar-refractivity contribution in [1.29, 1.82) is 0 Å². The maximum absolute atomic E-state index is 13.0. The lowest BCUT2D eigenvalue weighted by Gasteiger charge is -2.36. The number of morpholine rings is 1. The summed E-state index contributed by atoms with van der Waals surface area (Å²) in [6, 6.07) is 0.0303. The van der Waals surface area contributed by atoms with Gasteiger partial charge < -0.3 is 9.64 Å². The third-order valence-electron chi connectivity index (χ3n) is 5.02. The Labute approximate surface area is 141 Å². The fourth-order valence-electron chi connectivity index (χ4n) is 3.48. The summed E-state index contributed by atoms with van der Waals surface area (Å²) in [6.45, 7) is 14.5. The zero-order valence-electron chi connectivity index (χ0n) is 15.1. The Kier molecular flexibility index (Phi) is 7.53. The predicted molar refractivity (Wildman–Crippen MR) is 93.5 cm³/mol. The van der Waals surface area contributed by atoms with E-state index in [0.717, 1.165) is 71.9 Å². The molecule has 2 heterocycles. The van der Waals surface area contributed by atoms with E-state index in [2.05, 4.69) is 41.5 Å². The lowest BCUT2D eigenvalue weighted by molar-refractivity contribution is -0.138. The van der Waals surface area contributed by atoms with Crippen LogP contribution in [0.3, 0.4) is 0 Å². The van der Waals surface area contributed by atoms with Crippen LogP contribution >= 0.6 is 0 Å². The molecule has 132 valence electrons. The van der Waals surface area contributed by atoms with E-state index in [1.807, 2.05) is 0 Å². The number of ether oxygens (including phenoxy) is 1. The monoisotopic (exact) mass is 323 g/mol. The number of carbonyl (C=O) groups is 1. The Bertz CT molecular complexity index is 405. The first kappa shape index (κ1) is 18.4. The molecule has 5 heteroatoms. The first-order chi connectivity index (χ1) is 11.2. The van der Waals surface area contributed by atoms with Crippen LogP contribution in [-0.4, -0.2) is 85.7 Å². The number of allylic oxidation sites excluding steroid dienone is 1. The zero-order chi connectivity index (χ0) is 16.7. The molecule has 0 bridgehead atoms. The van der Waals surface area contributed by atoms with Gasteiger partial charge in [0, 0.05) is 45.8 Å². The van der Waals surface area contributed by atoms with E-state index < -0.39 is 0 Å². The van der Waals surface area contributed by atoms with Crippen LogP contribution < -0.4 is 0 Å². The predicted octanol–water partition coefficient (Wildman–Crippen LogP) is 1.60. The Balaban J connectivity index is 1.90. The van der Waals surface area contributed by atoms with Gasteiger partial charge in [-0.1, -0.05) is 18.6 Å². The van der Waals surface area contributed by atoms with E-state index in [-0.39, 0.29) is 6.04 Å². The van der Waals surface area contributed by atoms with Crippen molar-refractivity contribution < 1.29 is 9.53 Å². The molecule has 0 aromatic carbocycles. The van der Waals surface area contributed by atoms with Crippen LogP contribution in [0.1, 0.15) is 33.6 Å². The van der Waals surface area contributed by atoms with E-state index in [4.69, 9.17) is 4.74 Å². The molecule has 0 aromatic rings. The SMILES string of the molecule is CC=C(C)CN1CCCN(C(=O)C(CC)N2CCOCC2)CC1. The van der Waals surface area contributed by atoms with Crippen molar-refractivity contribution in [3.05, 3.63) is 11.6 Å². The number of amides is 1. The summed E-state index contributed by atoms with van der Waals surface area (Å²) in [6.07, 6.45) is 4.14. The second-order valence-electron chi connectivity index (χ2n) is 6.66. The molecule has 2 aliphatic rings. The van der Waals surface area contributed by atoms with Gasteiger partial charge in [0.1, 0.15) is 0 Å². The Morgan fingerprint density at radius 3 is 2.52 bits per heavy atom. The summed E-state index contributed by atoms with van der Waals surface area (Å²) in [5.41, 5.74) is 1.41. The topological polar surface area (TPSA) is 36.0 Å². The van der Waals surface area contributed by atoms with Gasteiger partial charge >= 0.3 is 0 Å². The fourth-order valence-corrected chi connectivity index (χ4v) is 3.48. The molecule has 0 aromatic heterocycles. The van der Waals surface area contributed by atoms with E-state index in [1.54, 1.807) is 0 Å². The molecule has 5 nitrogen and oxygen atoms in total. The molecule has 0 spiro atoms. The largest absolute Gasteiger partial charge is 0.379 e. The van der Waals surface area contributed by atoms with Crippen LogP contribution in [-0.2, 0) is 9.53 Å². The van der Waals surface area contributed by atoms with Gasteiger partial charge in [-0.05, 0) is 26.7 Å². The molecule has 1 unspecified atom stereocenters. The minimum absolute atomic E-state index is 0.0303. The highest BCUT2D eigenvalue weighted by atomic mass is 16.5. The van der Waals surface area contributed by atoms with Crippen molar-refractivity contribution in [2.24, 2.45) is 0 Å². The van der Waals surface area contributed by atoms with Crippen molar-refractivity contribution in [3.8, 4) is 0 Å². The first-order valence-electron chi connectivity index (χ1n) is 9.10. The van der Waals surface area contributed by atoms with Gasteiger partial charge in [-0.3, -0.25) is 14.6 Å². The standard InChI is InChI=1S/C18H33N3O2/c1-4-16(3)15-19-7-6-8-21(10-9-19)18(22)17(5-2)20-11-13-23-14-12-20/h4,17H,5-15H2,1-3H3. The summed E-state index contributed by atoms with van der Waals surface area (Å²) in [4.78, 5) is 19.8. The summed E-state index contributed by atoms with van der Waals surface area (Å²) in [7, 11) is 0. The Hall–Kier alpha value is -0.910. The first-order valence-corrected chi connectivity index (χ1v) is 9.10. The van der Waals surface area contributed by atoms with Gasteiger partial charge in [0.25, 0.3) is 0 Å². The molecule has 2 saturated heterocycles. The normalized spacial score (nSPS) is 23.6. The average Bonchev–Trinajstić information content (AvgIpc) is 2.82. The van der Waals surface area contributed by atoms with Crippen LogP contribution in [0.2, 0.25) is 0 Å². The minimum Gasteiger partial charge on any atom is -0.379 e. The van der Waals surface area contributed by atoms with E-state index in [9.17, 15) is 4.79 Å². The van der Waals surface area contributed by atoms with Crippen molar-refractivity contribution in [3.63, 3.8) is 0 Å². The molecule has 0 N–H and O–H groups in total. The van der Waals surface area contributed by atoms with Crippen molar-refractivity contribution in [2.45, 2.75) is 39.7 Å².